The fraction of sp³-hybridized carbons (Fsp3) is 0.900. The summed E-state index contributed by atoms with van der Waals surface area (Å²) in [5.41, 5.74) is 5.87. The van der Waals surface area contributed by atoms with Gasteiger partial charge in [0.1, 0.15) is 0 Å². The van der Waals surface area contributed by atoms with Crippen LogP contribution < -0.4 is 5.73 Å². The molecule has 0 radical (unpaired) electrons. The molecule has 70 valence electrons. The number of nitriles is 1. The molecule has 0 aromatic rings. The third-order valence-corrected chi connectivity index (χ3v) is 1.78. The molecule has 12 heavy (non-hydrogen) atoms. The van der Waals surface area contributed by atoms with Gasteiger partial charge in [-0.25, -0.2) is 0 Å². The van der Waals surface area contributed by atoms with Crippen molar-refractivity contribution in [3.63, 3.8) is 0 Å². The summed E-state index contributed by atoms with van der Waals surface area (Å²) in [5, 5.41) is 8.51. The lowest BCUT2D eigenvalue weighted by Crippen LogP contribution is -2.22. The van der Waals surface area contributed by atoms with E-state index in [1.165, 1.54) is 0 Å². The Kier molecular flexibility index (Phi) is 4.26. The Balaban J connectivity index is 3.76. The Morgan fingerprint density at radius 2 is 1.92 bits per heavy atom. The standard InChI is InChI=1S/C10H20N2/c1-8(5-9(12)7-11)6-10(2,3)4/h8-9H,5-6,12H2,1-4H3. The molecule has 0 fully saturated rings. The van der Waals surface area contributed by atoms with E-state index < -0.39 is 0 Å². The van der Waals surface area contributed by atoms with Crippen LogP contribution in [0.3, 0.4) is 0 Å². The molecule has 0 aliphatic carbocycles. The third-order valence-electron chi connectivity index (χ3n) is 1.78. The average Bonchev–Trinajstić information content (AvgIpc) is 1.82. The molecule has 2 unspecified atom stereocenters. The van der Waals surface area contributed by atoms with Crippen LogP contribution in [0.25, 0.3) is 0 Å². The van der Waals surface area contributed by atoms with Crippen LogP contribution >= 0.6 is 0 Å². The second-order valence-corrected chi connectivity index (χ2v) is 4.84. The van der Waals surface area contributed by atoms with E-state index in [0.717, 1.165) is 12.8 Å². The molecule has 0 aromatic heterocycles. The summed E-state index contributed by atoms with van der Waals surface area (Å²) in [6.07, 6.45) is 1.94. The van der Waals surface area contributed by atoms with E-state index in [9.17, 15) is 0 Å². The molecule has 2 N–H and O–H groups in total. The summed E-state index contributed by atoms with van der Waals surface area (Å²) in [4.78, 5) is 0. The number of hydrogen-bond donors (Lipinski definition) is 1. The van der Waals surface area contributed by atoms with Gasteiger partial charge in [0.2, 0.25) is 0 Å². The number of nitrogens with zero attached hydrogens (tertiary/aromatic N) is 1. The normalized spacial score (nSPS) is 16.7. The van der Waals surface area contributed by atoms with Gasteiger partial charge >= 0.3 is 0 Å². The Labute approximate surface area is 75.8 Å². The molecule has 0 aromatic carbocycles. The molecule has 0 amide bonds. The minimum Gasteiger partial charge on any atom is -0.316 e. The topological polar surface area (TPSA) is 49.8 Å². The Bertz CT molecular complexity index is 162. The second kappa shape index (κ2) is 4.47. The number of rotatable bonds is 3. The molecule has 0 aliphatic rings. The van der Waals surface area contributed by atoms with Gasteiger partial charge in [-0.1, -0.05) is 27.7 Å². The van der Waals surface area contributed by atoms with E-state index in [4.69, 9.17) is 11.0 Å². The molecule has 2 heteroatoms. The molecular formula is C10H20N2. The lowest BCUT2D eigenvalue weighted by molar-refractivity contribution is 0.293. The summed E-state index contributed by atoms with van der Waals surface area (Å²) in [7, 11) is 0. The molecule has 2 nitrogen and oxygen atoms in total. The van der Waals surface area contributed by atoms with Gasteiger partial charge in [0, 0.05) is 0 Å². The molecular weight excluding hydrogens is 148 g/mol. The van der Waals surface area contributed by atoms with E-state index >= 15 is 0 Å². The summed E-state index contributed by atoms with van der Waals surface area (Å²) >= 11 is 0. The summed E-state index contributed by atoms with van der Waals surface area (Å²) < 4.78 is 0. The first-order valence-electron chi connectivity index (χ1n) is 4.50. The SMILES string of the molecule is CC(CC(N)C#N)CC(C)(C)C. The maximum atomic E-state index is 8.51. The largest absolute Gasteiger partial charge is 0.316 e. The minimum absolute atomic E-state index is 0.289. The zero-order valence-electron chi connectivity index (χ0n) is 8.59. The van der Waals surface area contributed by atoms with E-state index in [-0.39, 0.29) is 6.04 Å². The fourth-order valence-electron chi connectivity index (χ4n) is 1.61. The first-order valence-corrected chi connectivity index (χ1v) is 4.50. The van der Waals surface area contributed by atoms with E-state index in [0.29, 0.717) is 11.3 Å². The van der Waals surface area contributed by atoms with Crippen LogP contribution in [-0.4, -0.2) is 6.04 Å². The number of hydrogen-bond acceptors (Lipinski definition) is 2. The van der Waals surface area contributed by atoms with Gasteiger partial charge < -0.3 is 5.73 Å². The lowest BCUT2D eigenvalue weighted by atomic mass is 9.83. The molecule has 0 rings (SSSR count). The summed E-state index contributed by atoms with van der Waals surface area (Å²) in [5.74, 6) is 0.541. The van der Waals surface area contributed by atoms with Crippen molar-refractivity contribution in [1.29, 1.82) is 5.26 Å². The molecule has 0 aliphatic heterocycles. The van der Waals surface area contributed by atoms with Crippen molar-refractivity contribution in [3.05, 3.63) is 0 Å². The van der Waals surface area contributed by atoms with Crippen molar-refractivity contribution < 1.29 is 0 Å². The van der Waals surface area contributed by atoms with Crippen molar-refractivity contribution in [2.75, 3.05) is 0 Å². The summed E-state index contributed by atoms with van der Waals surface area (Å²) in [6, 6.07) is 1.77. The molecule has 0 heterocycles. The predicted molar refractivity (Wildman–Crippen MR) is 51.4 cm³/mol. The molecule has 0 saturated heterocycles. The van der Waals surface area contributed by atoms with Crippen LogP contribution in [-0.2, 0) is 0 Å². The molecule has 0 spiro atoms. The van der Waals surface area contributed by atoms with Gasteiger partial charge in [-0.3, -0.25) is 0 Å². The van der Waals surface area contributed by atoms with Crippen LogP contribution in [0.5, 0.6) is 0 Å². The second-order valence-electron chi connectivity index (χ2n) is 4.84. The van der Waals surface area contributed by atoms with Crippen molar-refractivity contribution in [1.82, 2.24) is 0 Å². The fourth-order valence-corrected chi connectivity index (χ4v) is 1.61. The highest BCUT2D eigenvalue weighted by atomic mass is 14.6. The monoisotopic (exact) mass is 168 g/mol. The Morgan fingerprint density at radius 3 is 2.25 bits per heavy atom. The van der Waals surface area contributed by atoms with E-state index in [1.807, 2.05) is 0 Å². The predicted octanol–water partition coefficient (Wildman–Crippen LogP) is 2.30. The average molecular weight is 168 g/mol. The van der Waals surface area contributed by atoms with Gasteiger partial charge in [0.15, 0.2) is 0 Å². The van der Waals surface area contributed by atoms with Crippen LogP contribution in [0.2, 0.25) is 0 Å². The van der Waals surface area contributed by atoms with Crippen LogP contribution in [0.1, 0.15) is 40.5 Å². The minimum atomic E-state index is -0.289. The molecule has 0 bridgehead atoms. The third kappa shape index (κ3) is 6.18. The van der Waals surface area contributed by atoms with Gasteiger partial charge in [0.25, 0.3) is 0 Å². The van der Waals surface area contributed by atoms with Gasteiger partial charge in [0.05, 0.1) is 12.1 Å². The summed E-state index contributed by atoms with van der Waals surface area (Å²) in [6.45, 7) is 8.78. The van der Waals surface area contributed by atoms with Crippen LogP contribution in [0.4, 0.5) is 0 Å². The zero-order chi connectivity index (χ0) is 9.78. The highest BCUT2D eigenvalue weighted by Crippen LogP contribution is 2.26. The lowest BCUT2D eigenvalue weighted by Gasteiger charge is -2.23. The maximum absolute atomic E-state index is 8.51. The quantitative estimate of drug-likeness (QED) is 0.703. The highest BCUT2D eigenvalue weighted by Gasteiger charge is 2.16. The van der Waals surface area contributed by atoms with Crippen molar-refractivity contribution in [2.24, 2.45) is 17.1 Å². The first-order chi connectivity index (χ1) is 5.35. The molecule has 0 saturated carbocycles. The maximum Gasteiger partial charge on any atom is 0.0930 e. The van der Waals surface area contributed by atoms with Crippen LogP contribution in [0.15, 0.2) is 0 Å². The first kappa shape index (κ1) is 11.4. The zero-order valence-corrected chi connectivity index (χ0v) is 8.59. The van der Waals surface area contributed by atoms with Gasteiger partial charge in [-0.2, -0.15) is 5.26 Å². The van der Waals surface area contributed by atoms with Crippen molar-refractivity contribution in [3.8, 4) is 6.07 Å². The highest BCUT2D eigenvalue weighted by molar-refractivity contribution is 4.87. The van der Waals surface area contributed by atoms with Crippen LogP contribution in [0, 0.1) is 22.7 Å². The Morgan fingerprint density at radius 1 is 1.42 bits per heavy atom. The number of nitrogens with two attached hydrogens (primary N) is 1. The van der Waals surface area contributed by atoms with Crippen molar-refractivity contribution in [2.45, 2.75) is 46.6 Å². The van der Waals surface area contributed by atoms with E-state index in [1.54, 1.807) is 0 Å². The smallest absolute Gasteiger partial charge is 0.0930 e. The van der Waals surface area contributed by atoms with Crippen molar-refractivity contribution >= 4 is 0 Å². The van der Waals surface area contributed by atoms with Gasteiger partial charge in [-0.15, -0.1) is 0 Å². The Hall–Kier alpha value is -0.550. The van der Waals surface area contributed by atoms with Gasteiger partial charge in [-0.05, 0) is 24.2 Å². The molecule has 2 atom stereocenters. The van der Waals surface area contributed by atoms with E-state index in [2.05, 4.69) is 33.8 Å².